The molecule has 0 radical (unpaired) electrons. The Bertz CT molecular complexity index is 196. The summed E-state index contributed by atoms with van der Waals surface area (Å²) in [6, 6.07) is 0.441. The molecule has 0 aromatic heterocycles. The molecule has 3 nitrogen and oxygen atoms in total. The second-order valence-corrected chi connectivity index (χ2v) is 5.56. The van der Waals surface area contributed by atoms with E-state index in [2.05, 4.69) is 25.7 Å². The van der Waals surface area contributed by atoms with Gasteiger partial charge >= 0.3 is 0 Å². The van der Waals surface area contributed by atoms with E-state index in [-0.39, 0.29) is 12.7 Å². The van der Waals surface area contributed by atoms with Crippen LogP contribution in [-0.2, 0) is 0 Å². The van der Waals surface area contributed by atoms with Gasteiger partial charge in [-0.1, -0.05) is 6.92 Å². The fraction of sp³-hybridized carbons (Fsp3) is 1.00. The molecule has 0 aliphatic heterocycles. The van der Waals surface area contributed by atoms with Crippen molar-refractivity contribution in [2.75, 3.05) is 19.7 Å². The van der Waals surface area contributed by atoms with Gasteiger partial charge in [0.05, 0.1) is 12.7 Å². The Morgan fingerprint density at radius 3 is 2.56 bits per heavy atom. The molecule has 16 heavy (non-hydrogen) atoms. The third-order valence-corrected chi connectivity index (χ3v) is 3.79. The van der Waals surface area contributed by atoms with Crippen LogP contribution in [0.4, 0.5) is 0 Å². The maximum atomic E-state index is 10.00. The van der Waals surface area contributed by atoms with E-state index in [0.717, 1.165) is 38.3 Å². The van der Waals surface area contributed by atoms with Crippen LogP contribution >= 0.6 is 0 Å². The molecular weight excluding hydrogens is 202 g/mol. The van der Waals surface area contributed by atoms with Gasteiger partial charge in [-0.05, 0) is 44.9 Å². The molecule has 0 aromatic rings. The smallest absolute Gasteiger partial charge is 0.0580 e. The number of aliphatic hydroxyl groups is 2. The van der Waals surface area contributed by atoms with Crippen molar-refractivity contribution in [2.24, 2.45) is 11.8 Å². The molecule has 1 saturated carbocycles. The first-order valence-electron chi connectivity index (χ1n) is 6.57. The van der Waals surface area contributed by atoms with Gasteiger partial charge in [0.15, 0.2) is 0 Å². The van der Waals surface area contributed by atoms with Crippen molar-refractivity contribution in [3.05, 3.63) is 0 Å². The van der Waals surface area contributed by atoms with Crippen molar-refractivity contribution in [3.63, 3.8) is 0 Å². The summed E-state index contributed by atoms with van der Waals surface area (Å²) >= 11 is 0. The normalized spacial score (nSPS) is 31.3. The molecule has 0 amide bonds. The van der Waals surface area contributed by atoms with Crippen LogP contribution in [0.1, 0.15) is 40.0 Å². The molecule has 3 heteroatoms. The maximum absolute atomic E-state index is 10.00. The molecule has 3 atom stereocenters. The van der Waals surface area contributed by atoms with Crippen LogP contribution in [0, 0.1) is 11.8 Å². The largest absolute Gasteiger partial charge is 0.395 e. The predicted molar refractivity (Wildman–Crippen MR) is 66.3 cm³/mol. The summed E-state index contributed by atoms with van der Waals surface area (Å²) in [5.74, 6) is 1.12. The highest BCUT2D eigenvalue weighted by molar-refractivity contribution is 4.81. The van der Waals surface area contributed by atoms with Crippen LogP contribution in [0.5, 0.6) is 0 Å². The highest BCUT2D eigenvalue weighted by Gasteiger charge is 2.28. The zero-order valence-corrected chi connectivity index (χ0v) is 10.9. The van der Waals surface area contributed by atoms with Crippen molar-refractivity contribution in [1.82, 2.24) is 4.90 Å². The van der Waals surface area contributed by atoms with Crippen LogP contribution in [0.25, 0.3) is 0 Å². The van der Waals surface area contributed by atoms with Gasteiger partial charge in [0.25, 0.3) is 0 Å². The maximum Gasteiger partial charge on any atom is 0.0580 e. The summed E-state index contributed by atoms with van der Waals surface area (Å²) in [4.78, 5) is 2.27. The lowest BCUT2D eigenvalue weighted by molar-refractivity contribution is 0.0209. The van der Waals surface area contributed by atoms with Crippen LogP contribution < -0.4 is 0 Å². The number of hydrogen-bond donors (Lipinski definition) is 2. The molecule has 2 N–H and O–H groups in total. The zero-order valence-electron chi connectivity index (χ0n) is 10.9. The second-order valence-electron chi connectivity index (χ2n) is 5.56. The number of nitrogens with zero attached hydrogens (tertiary/aromatic N) is 1. The van der Waals surface area contributed by atoms with Gasteiger partial charge in [-0.2, -0.15) is 0 Å². The minimum Gasteiger partial charge on any atom is -0.395 e. The Morgan fingerprint density at radius 2 is 2.00 bits per heavy atom. The lowest BCUT2D eigenvalue weighted by Crippen LogP contribution is -2.42. The van der Waals surface area contributed by atoms with E-state index in [9.17, 15) is 5.11 Å². The molecule has 96 valence electrons. The van der Waals surface area contributed by atoms with Crippen molar-refractivity contribution in [2.45, 2.75) is 52.2 Å². The Kier molecular flexibility index (Phi) is 5.73. The molecule has 0 heterocycles. The van der Waals surface area contributed by atoms with E-state index in [0.29, 0.717) is 12.0 Å². The SMILES string of the molecule is CC1CCC(O)C(CN(CCO)C(C)C)C1. The van der Waals surface area contributed by atoms with E-state index in [1.54, 1.807) is 0 Å². The van der Waals surface area contributed by atoms with Crippen molar-refractivity contribution in [3.8, 4) is 0 Å². The fourth-order valence-corrected chi connectivity index (χ4v) is 2.67. The van der Waals surface area contributed by atoms with Crippen LogP contribution in [-0.4, -0.2) is 47.0 Å². The summed E-state index contributed by atoms with van der Waals surface area (Å²) in [6.45, 7) is 8.41. The predicted octanol–water partition coefficient (Wildman–Crippen LogP) is 1.49. The van der Waals surface area contributed by atoms with Gasteiger partial charge in [0, 0.05) is 19.1 Å². The molecule has 1 fully saturated rings. The number of aliphatic hydroxyl groups excluding tert-OH is 2. The molecule has 0 aromatic carbocycles. The molecular formula is C13H27NO2. The van der Waals surface area contributed by atoms with Crippen molar-refractivity contribution < 1.29 is 10.2 Å². The molecule has 0 bridgehead atoms. The highest BCUT2D eigenvalue weighted by Crippen LogP contribution is 2.29. The molecule has 3 unspecified atom stereocenters. The van der Waals surface area contributed by atoms with Gasteiger partial charge in [-0.25, -0.2) is 0 Å². The summed E-state index contributed by atoms with van der Waals surface area (Å²) < 4.78 is 0. The lowest BCUT2D eigenvalue weighted by Gasteiger charge is -2.36. The minimum atomic E-state index is -0.142. The van der Waals surface area contributed by atoms with Crippen LogP contribution in [0.2, 0.25) is 0 Å². The van der Waals surface area contributed by atoms with Crippen LogP contribution in [0.15, 0.2) is 0 Å². The van der Waals surface area contributed by atoms with Gasteiger partial charge in [0.1, 0.15) is 0 Å². The highest BCUT2D eigenvalue weighted by atomic mass is 16.3. The Hall–Kier alpha value is -0.120. The van der Waals surface area contributed by atoms with Crippen molar-refractivity contribution in [1.29, 1.82) is 0 Å². The molecule has 0 saturated heterocycles. The van der Waals surface area contributed by atoms with Gasteiger partial charge < -0.3 is 10.2 Å². The molecule has 1 aliphatic carbocycles. The number of rotatable bonds is 5. The first-order chi connectivity index (χ1) is 7.54. The average molecular weight is 229 g/mol. The van der Waals surface area contributed by atoms with Gasteiger partial charge in [-0.15, -0.1) is 0 Å². The van der Waals surface area contributed by atoms with E-state index >= 15 is 0 Å². The van der Waals surface area contributed by atoms with Crippen molar-refractivity contribution >= 4 is 0 Å². The summed E-state index contributed by atoms with van der Waals surface area (Å²) in [7, 11) is 0. The van der Waals surface area contributed by atoms with Gasteiger partial charge in [-0.3, -0.25) is 4.90 Å². The average Bonchev–Trinajstić information content (AvgIpc) is 2.22. The van der Waals surface area contributed by atoms with E-state index in [1.807, 2.05) is 0 Å². The summed E-state index contributed by atoms with van der Waals surface area (Å²) in [6.07, 6.45) is 3.07. The quantitative estimate of drug-likeness (QED) is 0.750. The molecule has 1 rings (SSSR count). The monoisotopic (exact) mass is 229 g/mol. The molecule has 0 spiro atoms. The first kappa shape index (κ1) is 13.9. The summed E-state index contributed by atoms with van der Waals surface area (Å²) in [5.41, 5.74) is 0. The lowest BCUT2D eigenvalue weighted by atomic mass is 9.80. The van der Waals surface area contributed by atoms with E-state index in [1.165, 1.54) is 0 Å². The Balaban J connectivity index is 2.48. The topological polar surface area (TPSA) is 43.7 Å². The molecule has 1 aliphatic rings. The standard InChI is InChI=1S/C13H27NO2/c1-10(2)14(6-7-15)9-12-8-11(3)4-5-13(12)16/h10-13,15-16H,4-9H2,1-3H3. The fourth-order valence-electron chi connectivity index (χ4n) is 2.67. The minimum absolute atomic E-state index is 0.142. The second kappa shape index (κ2) is 6.58. The zero-order chi connectivity index (χ0) is 12.1. The third-order valence-electron chi connectivity index (χ3n) is 3.79. The first-order valence-corrected chi connectivity index (χ1v) is 6.57. The van der Waals surface area contributed by atoms with E-state index in [4.69, 9.17) is 5.11 Å². The van der Waals surface area contributed by atoms with Gasteiger partial charge in [0.2, 0.25) is 0 Å². The third kappa shape index (κ3) is 4.04. The summed E-state index contributed by atoms with van der Waals surface area (Å²) in [5, 5.41) is 19.0. The Morgan fingerprint density at radius 1 is 1.31 bits per heavy atom. The van der Waals surface area contributed by atoms with E-state index < -0.39 is 0 Å². The Labute approximate surface area is 99.5 Å². The number of hydrogen-bond acceptors (Lipinski definition) is 3. The van der Waals surface area contributed by atoms with Crippen LogP contribution in [0.3, 0.4) is 0 Å².